The lowest BCUT2D eigenvalue weighted by Gasteiger charge is -2.46. The summed E-state index contributed by atoms with van der Waals surface area (Å²) in [6, 6.07) is 0. The van der Waals surface area contributed by atoms with Crippen LogP contribution >= 0.6 is 0 Å². The Balaban J connectivity index is 1.68. The van der Waals surface area contributed by atoms with Crippen molar-refractivity contribution in [1.82, 2.24) is 0 Å². The number of ether oxygens (including phenoxy) is 2. The van der Waals surface area contributed by atoms with Gasteiger partial charge >= 0.3 is 8.80 Å². The van der Waals surface area contributed by atoms with Crippen molar-refractivity contribution >= 4 is 8.80 Å². The fourth-order valence-electron chi connectivity index (χ4n) is 4.44. The number of hydrogen-bond donors (Lipinski definition) is 0. The second-order valence-corrected chi connectivity index (χ2v) is 10.1. The molecule has 5 nitrogen and oxygen atoms in total. The first-order valence-electron chi connectivity index (χ1n) is 8.63. The third-order valence-corrected chi connectivity index (χ3v) is 9.16. The monoisotopic (exact) mass is 330 g/mol. The summed E-state index contributed by atoms with van der Waals surface area (Å²) in [4.78, 5) is 0. The molecule has 0 N–H and O–H groups in total. The maximum absolute atomic E-state index is 6.29. The Hall–Kier alpha value is 0.0169. The molecule has 0 aromatic heterocycles. The molecule has 128 valence electrons. The van der Waals surface area contributed by atoms with Crippen LogP contribution in [0.25, 0.3) is 0 Å². The van der Waals surface area contributed by atoms with E-state index in [0.29, 0.717) is 12.2 Å². The third-order valence-electron chi connectivity index (χ3n) is 5.79. The molecule has 0 bridgehead atoms. The van der Waals surface area contributed by atoms with Crippen molar-refractivity contribution in [2.75, 3.05) is 27.9 Å². The minimum atomic E-state index is -2.81. The van der Waals surface area contributed by atoms with E-state index in [2.05, 4.69) is 0 Å². The average Bonchev–Trinajstić information content (AvgIpc) is 3.35. The van der Waals surface area contributed by atoms with Gasteiger partial charge in [0.25, 0.3) is 0 Å². The van der Waals surface area contributed by atoms with Crippen molar-refractivity contribution in [3.63, 3.8) is 0 Å². The summed E-state index contributed by atoms with van der Waals surface area (Å²) in [6.45, 7) is 0.781. The highest BCUT2D eigenvalue weighted by Crippen LogP contribution is 2.44. The van der Waals surface area contributed by atoms with E-state index in [-0.39, 0.29) is 5.22 Å². The fourth-order valence-corrected chi connectivity index (χ4v) is 7.27. The minimum absolute atomic E-state index is 0.370. The van der Waals surface area contributed by atoms with E-state index in [0.717, 1.165) is 44.6 Å². The zero-order valence-electron chi connectivity index (χ0n) is 14.1. The van der Waals surface area contributed by atoms with Crippen LogP contribution in [-0.4, -0.2) is 54.2 Å². The molecule has 6 heteroatoms. The maximum Gasteiger partial charge on any atom is 0.533 e. The summed E-state index contributed by atoms with van der Waals surface area (Å²) in [6.07, 6.45) is 10.2. The summed E-state index contributed by atoms with van der Waals surface area (Å²) in [5.41, 5.74) is 0. The highest BCUT2D eigenvalue weighted by Gasteiger charge is 2.61. The van der Waals surface area contributed by atoms with E-state index in [1.54, 1.807) is 21.3 Å². The lowest BCUT2D eigenvalue weighted by atomic mass is 9.85. The minimum Gasteiger partial charge on any atom is -0.375 e. The molecule has 2 aliphatic heterocycles. The highest BCUT2D eigenvalue weighted by molar-refractivity contribution is 6.64. The van der Waals surface area contributed by atoms with Crippen molar-refractivity contribution in [2.24, 2.45) is 5.92 Å². The Labute approximate surface area is 135 Å². The molecule has 0 radical (unpaired) electrons. The molecule has 2 saturated heterocycles. The van der Waals surface area contributed by atoms with E-state index >= 15 is 0 Å². The zero-order valence-corrected chi connectivity index (χ0v) is 15.1. The van der Waals surface area contributed by atoms with Crippen LogP contribution in [0.3, 0.4) is 0 Å². The molecule has 0 aromatic rings. The lowest BCUT2D eigenvalue weighted by Crippen LogP contribution is -2.66. The normalized spacial score (nSPS) is 38.6. The molecule has 2 heterocycles. The van der Waals surface area contributed by atoms with Gasteiger partial charge in [-0.3, -0.25) is 0 Å². The molecular weight excluding hydrogens is 300 g/mol. The quantitative estimate of drug-likeness (QED) is 0.530. The molecule has 0 aromatic carbocycles. The molecule has 1 saturated carbocycles. The highest BCUT2D eigenvalue weighted by atomic mass is 28.4. The molecule has 4 unspecified atom stereocenters. The Bertz CT molecular complexity index is 359. The maximum atomic E-state index is 6.29. The molecule has 22 heavy (non-hydrogen) atoms. The van der Waals surface area contributed by atoms with Crippen LogP contribution in [-0.2, 0) is 22.8 Å². The smallest absolute Gasteiger partial charge is 0.375 e. The molecule has 0 amide bonds. The van der Waals surface area contributed by atoms with Crippen molar-refractivity contribution in [1.29, 1.82) is 0 Å². The summed E-state index contributed by atoms with van der Waals surface area (Å²) in [5.74, 6) is 0.739. The predicted molar refractivity (Wildman–Crippen MR) is 84.6 cm³/mol. The second-order valence-electron chi connectivity index (χ2n) is 6.90. The van der Waals surface area contributed by atoms with Gasteiger partial charge in [-0.05, 0) is 57.3 Å². The van der Waals surface area contributed by atoms with Gasteiger partial charge in [0.15, 0.2) is 0 Å². The van der Waals surface area contributed by atoms with Crippen molar-refractivity contribution in [2.45, 2.75) is 68.8 Å². The van der Waals surface area contributed by atoms with Crippen molar-refractivity contribution in [3.05, 3.63) is 0 Å². The summed E-state index contributed by atoms with van der Waals surface area (Å²) in [5, 5.41) is -0.370. The van der Waals surface area contributed by atoms with Crippen LogP contribution < -0.4 is 0 Å². The van der Waals surface area contributed by atoms with E-state index in [4.69, 9.17) is 22.8 Å². The van der Waals surface area contributed by atoms with Gasteiger partial charge in [-0.25, -0.2) is 0 Å². The number of fused-ring (bicyclic) bond motifs is 1. The molecule has 1 aliphatic carbocycles. The van der Waals surface area contributed by atoms with E-state index in [1.165, 1.54) is 19.3 Å². The van der Waals surface area contributed by atoms with Crippen LogP contribution in [0.15, 0.2) is 0 Å². The average molecular weight is 330 g/mol. The second kappa shape index (κ2) is 6.87. The van der Waals surface area contributed by atoms with Gasteiger partial charge in [0.2, 0.25) is 0 Å². The van der Waals surface area contributed by atoms with Gasteiger partial charge in [-0.2, -0.15) is 0 Å². The zero-order chi connectivity index (χ0) is 15.6. The topological polar surface area (TPSA) is 49.5 Å². The van der Waals surface area contributed by atoms with E-state index in [9.17, 15) is 0 Å². The van der Waals surface area contributed by atoms with Crippen molar-refractivity contribution < 1.29 is 22.8 Å². The molecule has 4 atom stereocenters. The summed E-state index contributed by atoms with van der Waals surface area (Å²) in [7, 11) is 2.28. The first kappa shape index (κ1) is 16.9. The third kappa shape index (κ3) is 3.01. The summed E-state index contributed by atoms with van der Waals surface area (Å²) >= 11 is 0. The Morgan fingerprint density at radius 2 is 1.82 bits per heavy atom. The van der Waals surface area contributed by atoms with Crippen LogP contribution in [0.4, 0.5) is 0 Å². The van der Waals surface area contributed by atoms with Crippen molar-refractivity contribution in [3.8, 4) is 0 Å². The van der Waals surface area contributed by atoms with Gasteiger partial charge in [0, 0.05) is 27.9 Å². The standard InChI is InChI=1S/C16H30O5Si/c1-17-22(18-2,19-3)16(9-4-5-11-20-16)10-8-13-6-7-14-15(12-13)21-14/h13-15H,4-12H2,1-3H3. The summed E-state index contributed by atoms with van der Waals surface area (Å²) < 4.78 is 29.3. The van der Waals surface area contributed by atoms with Gasteiger partial charge in [-0.15, -0.1) is 0 Å². The fraction of sp³-hybridized carbons (Fsp3) is 1.00. The Morgan fingerprint density at radius 1 is 1.05 bits per heavy atom. The largest absolute Gasteiger partial charge is 0.533 e. The number of epoxide rings is 1. The van der Waals surface area contributed by atoms with Gasteiger partial charge in [0.1, 0.15) is 5.22 Å². The van der Waals surface area contributed by atoms with Gasteiger partial charge in [-0.1, -0.05) is 0 Å². The van der Waals surface area contributed by atoms with Crippen LogP contribution in [0.1, 0.15) is 51.4 Å². The molecule has 0 spiro atoms. The van der Waals surface area contributed by atoms with Gasteiger partial charge in [0.05, 0.1) is 12.2 Å². The lowest BCUT2D eigenvalue weighted by molar-refractivity contribution is -0.0895. The van der Waals surface area contributed by atoms with Crippen LogP contribution in [0.2, 0.25) is 0 Å². The molecule has 3 rings (SSSR count). The first-order valence-corrected chi connectivity index (χ1v) is 10.4. The Kier molecular flexibility index (Phi) is 5.26. The number of rotatable bonds is 7. The van der Waals surface area contributed by atoms with Crippen LogP contribution in [0.5, 0.6) is 0 Å². The molecular formula is C16H30O5Si. The van der Waals surface area contributed by atoms with Crippen LogP contribution in [0, 0.1) is 5.92 Å². The number of hydrogen-bond acceptors (Lipinski definition) is 5. The van der Waals surface area contributed by atoms with E-state index < -0.39 is 8.80 Å². The first-order chi connectivity index (χ1) is 10.7. The molecule has 3 fully saturated rings. The predicted octanol–water partition coefficient (Wildman–Crippen LogP) is 2.69. The van der Waals surface area contributed by atoms with Gasteiger partial charge < -0.3 is 22.8 Å². The SMILES string of the molecule is CO[Si](OC)(OC)C1(CCC2CCC3OC3C2)CCCCO1. The van der Waals surface area contributed by atoms with E-state index in [1.807, 2.05) is 0 Å². The molecule has 3 aliphatic rings. The Morgan fingerprint density at radius 3 is 2.41 bits per heavy atom.